The molecule has 0 heterocycles. The summed E-state index contributed by atoms with van der Waals surface area (Å²) < 4.78 is 10.5. The van der Waals surface area contributed by atoms with Crippen molar-refractivity contribution in [3.63, 3.8) is 0 Å². The Kier molecular flexibility index (Phi) is 3.35. The Hall–Kier alpha value is -2.43. The number of hydrogen-bond acceptors (Lipinski definition) is 5. The maximum atomic E-state index is 11.8. The summed E-state index contributed by atoms with van der Waals surface area (Å²) in [7, 11) is 2.93. The molecule has 2 aliphatic rings. The molecule has 3 rings (SSSR count). The lowest BCUT2D eigenvalue weighted by atomic mass is 9.67. The first kappa shape index (κ1) is 14.5. The maximum Gasteiger partial charge on any atom is 0.219 e. The van der Waals surface area contributed by atoms with Gasteiger partial charge in [-0.2, -0.15) is 0 Å². The molecule has 0 saturated heterocycles. The third-order valence-electron chi connectivity index (χ3n) is 4.44. The number of aromatic hydroxyl groups is 2. The molecule has 1 spiro atoms. The molecule has 0 aromatic heterocycles. The lowest BCUT2D eigenvalue weighted by Gasteiger charge is -2.37. The number of carbonyl (C=O) groups is 1. The summed E-state index contributed by atoms with van der Waals surface area (Å²) >= 11 is 0. The zero-order valence-corrected chi connectivity index (χ0v) is 12.5. The fourth-order valence-electron chi connectivity index (χ4n) is 3.39. The Labute approximate surface area is 128 Å². The van der Waals surface area contributed by atoms with Gasteiger partial charge in [0, 0.05) is 11.0 Å². The zero-order valence-electron chi connectivity index (χ0n) is 12.5. The summed E-state index contributed by atoms with van der Waals surface area (Å²) in [6.45, 7) is 0. The van der Waals surface area contributed by atoms with Crippen LogP contribution in [0.3, 0.4) is 0 Å². The molecule has 0 unspecified atom stereocenters. The number of allylic oxidation sites excluding steroid dienone is 3. The van der Waals surface area contributed by atoms with Gasteiger partial charge < -0.3 is 19.7 Å². The average molecular weight is 302 g/mol. The van der Waals surface area contributed by atoms with Crippen LogP contribution < -0.4 is 4.74 Å². The monoisotopic (exact) mass is 302 g/mol. The number of phenols is 2. The third-order valence-corrected chi connectivity index (χ3v) is 4.44. The number of fused-ring (bicyclic) bond motifs is 2. The minimum absolute atomic E-state index is 0.171. The molecule has 1 atom stereocenters. The number of hydrogen-bond donors (Lipinski definition) is 2. The Morgan fingerprint density at radius 1 is 1.23 bits per heavy atom. The van der Waals surface area contributed by atoms with Gasteiger partial charge in [0.1, 0.15) is 0 Å². The van der Waals surface area contributed by atoms with E-state index in [-0.39, 0.29) is 17.3 Å². The van der Waals surface area contributed by atoms with Gasteiger partial charge in [-0.15, -0.1) is 0 Å². The molecule has 116 valence electrons. The Morgan fingerprint density at radius 2 is 2.00 bits per heavy atom. The minimum atomic E-state index is -0.523. The van der Waals surface area contributed by atoms with Crippen LogP contribution in [0, 0.1) is 0 Å². The van der Waals surface area contributed by atoms with Crippen molar-refractivity contribution >= 4 is 5.78 Å². The van der Waals surface area contributed by atoms with E-state index in [1.54, 1.807) is 12.1 Å². The highest BCUT2D eigenvalue weighted by Crippen LogP contribution is 2.50. The lowest BCUT2D eigenvalue weighted by Crippen LogP contribution is -2.31. The van der Waals surface area contributed by atoms with Gasteiger partial charge in [0.05, 0.1) is 14.2 Å². The Bertz CT molecular complexity index is 701. The summed E-state index contributed by atoms with van der Waals surface area (Å²) in [6.07, 6.45) is 7.55. The molecule has 0 amide bonds. The number of carbonyl (C=O) groups excluding carboxylic acids is 1. The topological polar surface area (TPSA) is 76.0 Å². The van der Waals surface area contributed by atoms with E-state index >= 15 is 0 Å². The van der Waals surface area contributed by atoms with Gasteiger partial charge in [-0.3, -0.25) is 4.79 Å². The van der Waals surface area contributed by atoms with Crippen LogP contribution in [0.2, 0.25) is 0 Å². The summed E-state index contributed by atoms with van der Waals surface area (Å²) in [5.74, 6) is -0.0523. The van der Waals surface area contributed by atoms with Gasteiger partial charge in [-0.25, -0.2) is 0 Å². The highest BCUT2D eigenvalue weighted by Gasteiger charge is 2.39. The summed E-state index contributed by atoms with van der Waals surface area (Å²) in [6, 6.07) is 1.55. The van der Waals surface area contributed by atoms with Crippen LogP contribution in [0.4, 0.5) is 0 Å². The standard InChI is InChI=1S/C17H18O5/c1-21-14-9-17(7-5-12(14)18)6-3-4-10-11(17)8-13(19)15(20)16(10)22-2/h5,7-9,19-20H,3-4,6H2,1-2H3/t17-/m1/s1. The number of phenolic OH excluding ortho intramolecular Hbond substituents is 2. The Balaban J connectivity index is 2.25. The predicted octanol–water partition coefficient (Wildman–Crippen LogP) is 2.35. The van der Waals surface area contributed by atoms with Gasteiger partial charge in [-0.1, -0.05) is 6.08 Å². The molecule has 1 aromatic carbocycles. The molecule has 1 aromatic rings. The lowest BCUT2D eigenvalue weighted by molar-refractivity contribution is -0.114. The van der Waals surface area contributed by atoms with E-state index in [1.807, 2.05) is 6.08 Å². The molecule has 0 saturated carbocycles. The van der Waals surface area contributed by atoms with Crippen molar-refractivity contribution < 1.29 is 24.5 Å². The van der Waals surface area contributed by atoms with E-state index in [2.05, 4.69) is 0 Å². The highest BCUT2D eigenvalue weighted by molar-refractivity contribution is 6.04. The normalized spacial score (nSPS) is 23.2. The van der Waals surface area contributed by atoms with Gasteiger partial charge >= 0.3 is 0 Å². The van der Waals surface area contributed by atoms with E-state index in [0.29, 0.717) is 11.5 Å². The average Bonchev–Trinajstić information content (AvgIpc) is 2.52. The van der Waals surface area contributed by atoms with Crippen molar-refractivity contribution in [3.8, 4) is 17.2 Å². The first-order valence-corrected chi connectivity index (χ1v) is 7.15. The molecular weight excluding hydrogens is 284 g/mol. The largest absolute Gasteiger partial charge is 0.504 e. The van der Waals surface area contributed by atoms with Crippen molar-refractivity contribution in [1.29, 1.82) is 0 Å². The van der Waals surface area contributed by atoms with Crippen LogP contribution in [0.15, 0.2) is 30.1 Å². The molecule has 22 heavy (non-hydrogen) atoms. The van der Waals surface area contributed by atoms with E-state index in [0.717, 1.165) is 30.4 Å². The van der Waals surface area contributed by atoms with Crippen molar-refractivity contribution in [2.45, 2.75) is 24.7 Å². The fraction of sp³-hybridized carbons (Fsp3) is 0.353. The van der Waals surface area contributed by atoms with Crippen LogP contribution in [0.5, 0.6) is 17.2 Å². The van der Waals surface area contributed by atoms with E-state index in [1.165, 1.54) is 20.3 Å². The molecular formula is C17H18O5. The van der Waals surface area contributed by atoms with Crippen molar-refractivity contribution in [3.05, 3.63) is 41.2 Å². The number of methoxy groups -OCH3 is 2. The minimum Gasteiger partial charge on any atom is -0.504 e. The third kappa shape index (κ3) is 1.96. The smallest absolute Gasteiger partial charge is 0.219 e. The van der Waals surface area contributed by atoms with Gasteiger partial charge in [0.2, 0.25) is 11.5 Å². The second-order valence-corrected chi connectivity index (χ2v) is 5.61. The zero-order chi connectivity index (χ0) is 15.9. The molecule has 2 aliphatic carbocycles. The second kappa shape index (κ2) is 5.09. The first-order chi connectivity index (χ1) is 10.5. The fourth-order valence-corrected chi connectivity index (χ4v) is 3.39. The maximum absolute atomic E-state index is 11.8. The van der Waals surface area contributed by atoms with Crippen LogP contribution >= 0.6 is 0 Å². The van der Waals surface area contributed by atoms with Crippen LogP contribution in [0.1, 0.15) is 24.0 Å². The molecule has 2 N–H and O–H groups in total. The summed E-state index contributed by atoms with van der Waals surface area (Å²) in [4.78, 5) is 11.8. The van der Waals surface area contributed by atoms with Crippen LogP contribution in [-0.4, -0.2) is 30.2 Å². The molecule has 5 nitrogen and oxygen atoms in total. The number of rotatable bonds is 2. The first-order valence-electron chi connectivity index (χ1n) is 7.15. The van der Waals surface area contributed by atoms with Crippen molar-refractivity contribution in [2.75, 3.05) is 14.2 Å². The quantitative estimate of drug-likeness (QED) is 0.820. The van der Waals surface area contributed by atoms with Crippen molar-refractivity contribution in [2.24, 2.45) is 0 Å². The number of ether oxygens (including phenoxy) is 2. The second-order valence-electron chi connectivity index (χ2n) is 5.61. The summed E-state index contributed by atoms with van der Waals surface area (Å²) in [5, 5.41) is 20.0. The number of ketones is 1. The van der Waals surface area contributed by atoms with E-state index in [9.17, 15) is 15.0 Å². The highest BCUT2D eigenvalue weighted by atomic mass is 16.5. The number of benzene rings is 1. The van der Waals surface area contributed by atoms with Crippen molar-refractivity contribution in [1.82, 2.24) is 0 Å². The van der Waals surface area contributed by atoms with Crippen LogP contribution in [-0.2, 0) is 21.4 Å². The van der Waals surface area contributed by atoms with Gasteiger partial charge in [0.15, 0.2) is 17.3 Å². The van der Waals surface area contributed by atoms with Crippen LogP contribution in [0.25, 0.3) is 0 Å². The van der Waals surface area contributed by atoms with E-state index in [4.69, 9.17) is 9.47 Å². The molecule has 0 fully saturated rings. The molecule has 0 radical (unpaired) electrons. The molecule has 5 heteroatoms. The summed E-state index contributed by atoms with van der Waals surface area (Å²) in [5.41, 5.74) is 1.17. The Morgan fingerprint density at radius 3 is 2.68 bits per heavy atom. The van der Waals surface area contributed by atoms with Gasteiger partial charge in [-0.05, 0) is 43.0 Å². The molecule has 0 bridgehead atoms. The van der Waals surface area contributed by atoms with E-state index < -0.39 is 5.41 Å². The predicted molar refractivity (Wildman–Crippen MR) is 80.2 cm³/mol. The SMILES string of the molecule is COC1=C[C@]2(C=CC1=O)CCCc1c2cc(O)c(O)c1OC. The molecule has 0 aliphatic heterocycles. The van der Waals surface area contributed by atoms with Gasteiger partial charge in [0.25, 0.3) is 0 Å².